The van der Waals surface area contributed by atoms with Crippen LogP contribution in [-0.2, 0) is 16.4 Å². The van der Waals surface area contributed by atoms with Gasteiger partial charge in [-0.15, -0.1) is 0 Å². The fourth-order valence-corrected chi connectivity index (χ4v) is 4.93. The van der Waals surface area contributed by atoms with Crippen molar-refractivity contribution in [1.82, 2.24) is 4.72 Å². The second-order valence-corrected chi connectivity index (χ2v) is 9.73. The van der Waals surface area contributed by atoms with Crippen molar-refractivity contribution >= 4 is 15.7 Å². The molecule has 0 radical (unpaired) electrons. The molecule has 0 aromatic heterocycles. The summed E-state index contributed by atoms with van der Waals surface area (Å²) in [5.74, 6) is 0.124. The van der Waals surface area contributed by atoms with Gasteiger partial charge in [0.25, 0.3) is 0 Å². The Balaban J connectivity index is 1.65. The van der Waals surface area contributed by atoms with Crippen molar-refractivity contribution in [2.75, 3.05) is 44.4 Å². The van der Waals surface area contributed by atoms with Gasteiger partial charge < -0.3 is 9.80 Å². The van der Waals surface area contributed by atoms with E-state index < -0.39 is 10.0 Å². The Bertz CT molecular complexity index is 830. The Hall–Kier alpha value is -1.89. The predicted molar refractivity (Wildman–Crippen MR) is 115 cm³/mol. The SMILES string of the molecule is CN(C)c1ccc([C@@H](CNS(=O)(=O)CCc2ccccc2)[NH+]2CCCC2)cc1. The number of anilines is 1. The van der Waals surface area contributed by atoms with E-state index in [1.807, 2.05) is 44.4 Å². The number of aryl methyl sites for hydroxylation is 1. The molecular weight excluding hydrogens is 370 g/mol. The lowest BCUT2D eigenvalue weighted by atomic mass is 10.1. The molecule has 1 heterocycles. The summed E-state index contributed by atoms with van der Waals surface area (Å²) in [6.07, 6.45) is 2.96. The van der Waals surface area contributed by atoms with Gasteiger partial charge >= 0.3 is 0 Å². The van der Waals surface area contributed by atoms with Gasteiger partial charge in [-0.3, -0.25) is 0 Å². The molecule has 152 valence electrons. The summed E-state index contributed by atoms with van der Waals surface area (Å²) < 4.78 is 28.0. The Morgan fingerprint density at radius 2 is 1.64 bits per heavy atom. The van der Waals surface area contributed by atoms with E-state index in [9.17, 15) is 8.42 Å². The molecule has 5 nitrogen and oxygen atoms in total. The third kappa shape index (κ3) is 5.80. The van der Waals surface area contributed by atoms with E-state index in [-0.39, 0.29) is 11.8 Å². The van der Waals surface area contributed by atoms with E-state index >= 15 is 0 Å². The minimum atomic E-state index is -3.31. The molecule has 1 fully saturated rings. The zero-order chi connectivity index (χ0) is 20.0. The third-order valence-electron chi connectivity index (χ3n) is 5.56. The van der Waals surface area contributed by atoms with Crippen LogP contribution in [0, 0.1) is 0 Å². The summed E-state index contributed by atoms with van der Waals surface area (Å²) >= 11 is 0. The van der Waals surface area contributed by atoms with Crippen molar-refractivity contribution in [3.63, 3.8) is 0 Å². The maximum Gasteiger partial charge on any atom is 0.212 e. The monoisotopic (exact) mass is 402 g/mol. The van der Waals surface area contributed by atoms with Crippen LogP contribution in [0.4, 0.5) is 5.69 Å². The minimum Gasteiger partial charge on any atom is -0.378 e. The van der Waals surface area contributed by atoms with Crippen molar-refractivity contribution in [3.8, 4) is 0 Å². The summed E-state index contributed by atoms with van der Waals surface area (Å²) in [5, 5.41) is 0. The van der Waals surface area contributed by atoms with Crippen LogP contribution in [-0.4, -0.2) is 47.9 Å². The summed E-state index contributed by atoms with van der Waals surface area (Å²) in [5.41, 5.74) is 3.41. The quantitative estimate of drug-likeness (QED) is 0.670. The Morgan fingerprint density at radius 1 is 1.00 bits per heavy atom. The van der Waals surface area contributed by atoms with Gasteiger partial charge in [0.05, 0.1) is 25.4 Å². The maximum absolute atomic E-state index is 12.6. The molecule has 0 spiro atoms. The van der Waals surface area contributed by atoms with E-state index in [4.69, 9.17) is 0 Å². The number of nitrogens with one attached hydrogen (secondary N) is 2. The van der Waals surface area contributed by atoms with Gasteiger partial charge in [0.15, 0.2) is 0 Å². The van der Waals surface area contributed by atoms with Gasteiger partial charge in [-0.25, -0.2) is 13.1 Å². The Kier molecular flexibility index (Phi) is 7.10. The van der Waals surface area contributed by atoms with Crippen LogP contribution >= 0.6 is 0 Å². The Morgan fingerprint density at radius 3 is 2.25 bits per heavy atom. The first kappa shape index (κ1) is 20.8. The van der Waals surface area contributed by atoms with Crippen LogP contribution in [0.1, 0.15) is 30.0 Å². The van der Waals surface area contributed by atoms with E-state index in [2.05, 4.69) is 33.9 Å². The molecule has 1 aliphatic rings. The van der Waals surface area contributed by atoms with Gasteiger partial charge in [0.2, 0.25) is 10.0 Å². The van der Waals surface area contributed by atoms with Crippen LogP contribution < -0.4 is 14.5 Å². The number of rotatable bonds is 9. The van der Waals surface area contributed by atoms with Crippen LogP contribution in [0.25, 0.3) is 0 Å². The number of hydrogen-bond donors (Lipinski definition) is 2. The van der Waals surface area contributed by atoms with Crippen molar-refractivity contribution < 1.29 is 13.3 Å². The lowest BCUT2D eigenvalue weighted by molar-refractivity contribution is -0.918. The van der Waals surface area contributed by atoms with Crippen molar-refractivity contribution in [2.45, 2.75) is 25.3 Å². The average Bonchev–Trinajstić information content (AvgIpc) is 3.22. The topological polar surface area (TPSA) is 53.9 Å². The van der Waals surface area contributed by atoms with E-state index in [1.54, 1.807) is 0 Å². The maximum atomic E-state index is 12.6. The highest BCUT2D eigenvalue weighted by atomic mass is 32.2. The molecular formula is C22H32N3O2S+. The first-order valence-corrected chi connectivity index (χ1v) is 11.7. The molecule has 0 aliphatic carbocycles. The minimum absolute atomic E-state index is 0.124. The molecule has 2 aromatic rings. The molecule has 1 aliphatic heterocycles. The zero-order valence-corrected chi connectivity index (χ0v) is 17.7. The largest absolute Gasteiger partial charge is 0.378 e. The van der Waals surface area contributed by atoms with E-state index in [0.717, 1.165) is 24.3 Å². The normalized spacial score (nSPS) is 16.2. The standard InChI is InChI=1S/C22H31N3O2S/c1-24(2)21-12-10-20(11-13-21)22(25-15-6-7-16-25)18-23-28(26,27)17-14-19-8-4-3-5-9-19/h3-5,8-13,22-23H,6-7,14-18H2,1-2H3/p+1/t22-/m1/s1. The highest BCUT2D eigenvalue weighted by Gasteiger charge is 2.28. The predicted octanol–water partition coefficient (Wildman–Crippen LogP) is 1.63. The molecule has 3 rings (SSSR count). The van der Waals surface area contributed by atoms with E-state index in [0.29, 0.717) is 13.0 Å². The number of hydrogen-bond acceptors (Lipinski definition) is 3. The molecule has 6 heteroatoms. The highest BCUT2D eigenvalue weighted by Crippen LogP contribution is 2.17. The van der Waals surface area contributed by atoms with Gasteiger partial charge in [0.1, 0.15) is 6.04 Å². The summed E-state index contributed by atoms with van der Waals surface area (Å²) in [6, 6.07) is 18.4. The van der Waals surface area contributed by atoms with Crippen molar-refractivity contribution in [3.05, 3.63) is 65.7 Å². The molecule has 1 saturated heterocycles. The van der Waals surface area contributed by atoms with Crippen LogP contribution in [0.15, 0.2) is 54.6 Å². The fourth-order valence-electron chi connectivity index (χ4n) is 3.86. The lowest BCUT2D eigenvalue weighted by Gasteiger charge is -2.26. The number of nitrogens with zero attached hydrogens (tertiary/aromatic N) is 1. The highest BCUT2D eigenvalue weighted by molar-refractivity contribution is 7.89. The second-order valence-electron chi connectivity index (χ2n) is 7.81. The molecule has 0 saturated carbocycles. The molecule has 0 bridgehead atoms. The zero-order valence-electron chi connectivity index (χ0n) is 16.9. The molecule has 2 aromatic carbocycles. The molecule has 0 unspecified atom stereocenters. The smallest absolute Gasteiger partial charge is 0.212 e. The van der Waals surface area contributed by atoms with Gasteiger partial charge in [-0.1, -0.05) is 42.5 Å². The van der Waals surface area contributed by atoms with Crippen LogP contribution in [0.2, 0.25) is 0 Å². The van der Waals surface area contributed by atoms with Gasteiger partial charge in [-0.2, -0.15) is 0 Å². The van der Waals surface area contributed by atoms with Crippen LogP contribution in [0.3, 0.4) is 0 Å². The van der Waals surface area contributed by atoms with Gasteiger partial charge in [0, 0.05) is 38.2 Å². The first-order chi connectivity index (χ1) is 13.4. The third-order valence-corrected chi connectivity index (χ3v) is 6.91. The van der Waals surface area contributed by atoms with E-state index in [1.165, 1.54) is 23.3 Å². The van der Waals surface area contributed by atoms with Crippen LogP contribution in [0.5, 0.6) is 0 Å². The number of likely N-dealkylation sites (tertiary alicyclic amines) is 1. The fraction of sp³-hybridized carbons (Fsp3) is 0.455. The molecule has 0 amide bonds. The summed E-state index contributed by atoms with van der Waals surface area (Å²) in [4.78, 5) is 3.55. The summed E-state index contributed by atoms with van der Waals surface area (Å²) in [6.45, 7) is 2.66. The molecule has 2 N–H and O–H groups in total. The average molecular weight is 403 g/mol. The van der Waals surface area contributed by atoms with Crippen molar-refractivity contribution in [1.29, 1.82) is 0 Å². The first-order valence-electron chi connectivity index (χ1n) is 10.1. The number of benzene rings is 2. The summed E-state index contributed by atoms with van der Waals surface area (Å²) in [7, 11) is 0.748. The second kappa shape index (κ2) is 9.54. The number of sulfonamides is 1. The lowest BCUT2D eigenvalue weighted by Crippen LogP contribution is -3.11. The Labute approximate surface area is 169 Å². The van der Waals surface area contributed by atoms with Gasteiger partial charge in [-0.05, 0) is 24.1 Å². The number of quaternary nitrogens is 1. The van der Waals surface area contributed by atoms with Crippen molar-refractivity contribution in [2.24, 2.45) is 0 Å². The molecule has 1 atom stereocenters. The molecule has 28 heavy (non-hydrogen) atoms.